The Morgan fingerprint density at radius 2 is 1.69 bits per heavy atom. The average molecular weight is 351 g/mol. The summed E-state index contributed by atoms with van der Waals surface area (Å²) in [4.78, 5) is 12.8. The third kappa shape index (κ3) is 4.22. The van der Waals surface area contributed by atoms with Crippen molar-refractivity contribution in [2.75, 3.05) is 14.2 Å². The molecule has 0 atom stereocenters. The highest BCUT2D eigenvalue weighted by Crippen LogP contribution is 2.34. The first kappa shape index (κ1) is 19.1. The molecule has 0 unspecified atom stereocenters. The predicted octanol–water partition coefficient (Wildman–Crippen LogP) is 4.28. The lowest BCUT2D eigenvalue weighted by atomic mass is 10.0. The van der Waals surface area contributed by atoms with Gasteiger partial charge in [0.25, 0.3) is 0 Å². The van der Waals surface area contributed by atoms with Crippen molar-refractivity contribution in [3.8, 4) is 23.3 Å². The van der Waals surface area contributed by atoms with Gasteiger partial charge in [-0.05, 0) is 38.1 Å². The van der Waals surface area contributed by atoms with Crippen LogP contribution in [0.5, 0.6) is 17.2 Å². The number of hydrogen-bond donors (Lipinski definition) is 0. The smallest absolute Gasteiger partial charge is 0.207 e. The molecule has 0 fully saturated rings. The lowest BCUT2D eigenvalue weighted by Crippen LogP contribution is -2.08. The number of para-hydroxylation sites is 2. The molecule has 5 heteroatoms. The molecule has 0 amide bonds. The molecule has 0 aromatic heterocycles. The summed E-state index contributed by atoms with van der Waals surface area (Å²) < 4.78 is 16.4. The Balaban J connectivity index is 2.53. The molecule has 0 heterocycles. The van der Waals surface area contributed by atoms with E-state index >= 15 is 0 Å². The summed E-state index contributed by atoms with van der Waals surface area (Å²) in [6, 6.07) is 14.1. The number of Topliss-reactive ketones (excluding diaryl/α,β-unsaturated/α-hetero) is 1. The van der Waals surface area contributed by atoms with Gasteiger partial charge in [-0.2, -0.15) is 5.26 Å². The fraction of sp³-hybridized carbons (Fsp3) is 0.238. The van der Waals surface area contributed by atoms with E-state index in [4.69, 9.17) is 14.2 Å². The van der Waals surface area contributed by atoms with E-state index in [2.05, 4.69) is 0 Å². The van der Waals surface area contributed by atoms with Gasteiger partial charge in [-0.25, -0.2) is 0 Å². The van der Waals surface area contributed by atoms with Gasteiger partial charge in [0, 0.05) is 5.56 Å². The van der Waals surface area contributed by atoms with E-state index in [1.54, 1.807) is 49.6 Å². The Kier molecular flexibility index (Phi) is 6.40. The van der Waals surface area contributed by atoms with Crippen LogP contribution in [-0.4, -0.2) is 26.1 Å². The number of allylic oxidation sites excluding steroid dienone is 1. The summed E-state index contributed by atoms with van der Waals surface area (Å²) in [5, 5.41) is 9.53. The highest BCUT2D eigenvalue weighted by molar-refractivity contribution is 6.15. The Morgan fingerprint density at radius 1 is 1.04 bits per heavy atom. The van der Waals surface area contributed by atoms with Crippen molar-refractivity contribution in [2.24, 2.45) is 0 Å². The summed E-state index contributed by atoms with van der Waals surface area (Å²) in [7, 11) is 3.03. The highest BCUT2D eigenvalue weighted by atomic mass is 16.5. The molecule has 0 spiro atoms. The van der Waals surface area contributed by atoms with Crippen LogP contribution in [0.1, 0.15) is 29.8 Å². The van der Waals surface area contributed by atoms with E-state index in [0.29, 0.717) is 28.4 Å². The van der Waals surface area contributed by atoms with Gasteiger partial charge in [-0.1, -0.05) is 24.3 Å². The van der Waals surface area contributed by atoms with E-state index in [1.165, 1.54) is 13.2 Å². The van der Waals surface area contributed by atoms with E-state index in [-0.39, 0.29) is 11.7 Å². The van der Waals surface area contributed by atoms with Crippen molar-refractivity contribution in [3.63, 3.8) is 0 Å². The maximum absolute atomic E-state index is 12.8. The van der Waals surface area contributed by atoms with Crippen LogP contribution < -0.4 is 14.2 Å². The molecule has 2 rings (SSSR count). The second-order valence-corrected chi connectivity index (χ2v) is 5.74. The number of ketones is 1. The van der Waals surface area contributed by atoms with Gasteiger partial charge in [-0.15, -0.1) is 0 Å². The first-order chi connectivity index (χ1) is 12.5. The van der Waals surface area contributed by atoms with Crippen molar-refractivity contribution in [1.29, 1.82) is 5.26 Å². The average Bonchev–Trinajstić information content (AvgIpc) is 2.66. The second kappa shape index (κ2) is 8.72. The summed E-state index contributed by atoms with van der Waals surface area (Å²) in [5.41, 5.74) is 0.909. The standard InChI is InChI=1S/C21H21NO4/c1-14(2)26-21-15(8-7-11-19(21)25-4)12-16(13-22)20(23)17-9-5-6-10-18(17)24-3/h5-12,14H,1-4H3/b16-12+. The van der Waals surface area contributed by atoms with Crippen LogP contribution in [0.15, 0.2) is 48.0 Å². The Labute approximate surface area is 153 Å². The summed E-state index contributed by atoms with van der Waals surface area (Å²) >= 11 is 0. The van der Waals surface area contributed by atoms with Gasteiger partial charge in [0.15, 0.2) is 11.5 Å². The van der Waals surface area contributed by atoms with E-state index < -0.39 is 5.78 Å². The molecule has 0 aliphatic rings. The van der Waals surface area contributed by atoms with Gasteiger partial charge in [0.2, 0.25) is 5.78 Å². The molecule has 0 bridgehead atoms. The van der Waals surface area contributed by atoms with Gasteiger partial charge in [-0.3, -0.25) is 4.79 Å². The monoisotopic (exact) mass is 351 g/mol. The number of nitriles is 1. The number of carbonyl (C=O) groups excluding carboxylic acids is 1. The maximum atomic E-state index is 12.8. The van der Waals surface area contributed by atoms with Crippen molar-refractivity contribution >= 4 is 11.9 Å². The number of nitrogens with zero attached hydrogens (tertiary/aromatic N) is 1. The zero-order valence-electron chi connectivity index (χ0n) is 15.3. The Hall–Kier alpha value is -3.26. The number of benzene rings is 2. The van der Waals surface area contributed by atoms with Crippen molar-refractivity contribution < 1.29 is 19.0 Å². The van der Waals surface area contributed by atoms with Gasteiger partial charge < -0.3 is 14.2 Å². The highest BCUT2D eigenvalue weighted by Gasteiger charge is 2.18. The van der Waals surface area contributed by atoms with Crippen molar-refractivity contribution in [1.82, 2.24) is 0 Å². The molecule has 2 aromatic carbocycles. The SMILES string of the molecule is COc1ccccc1C(=O)/C(C#N)=C/c1cccc(OC)c1OC(C)C. The second-order valence-electron chi connectivity index (χ2n) is 5.74. The van der Waals surface area contributed by atoms with Crippen molar-refractivity contribution in [2.45, 2.75) is 20.0 Å². The number of rotatable bonds is 7. The van der Waals surface area contributed by atoms with Crippen LogP contribution in [0.4, 0.5) is 0 Å². The molecule has 0 N–H and O–H groups in total. The van der Waals surface area contributed by atoms with Crippen LogP contribution in [0.3, 0.4) is 0 Å². The van der Waals surface area contributed by atoms with E-state index in [0.717, 1.165) is 0 Å². The van der Waals surface area contributed by atoms with Gasteiger partial charge in [0.1, 0.15) is 17.4 Å². The maximum Gasteiger partial charge on any atom is 0.207 e. The Morgan fingerprint density at radius 3 is 2.31 bits per heavy atom. The molecular formula is C21H21NO4. The molecule has 0 radical (unpaired) electrons. The molecule has 0 aliphatic carbocycles. The number of ether oxygens (including phenoxy) is 3. The van der Waals surface area contributed by atoms with Crippen LogP contribution >= 0.6 is 0 Å². The number of hydrogen-bond acceptors (Lipinski definition) is 5. The minimum atomic E-state index is -0.414. The topological polar surface area (TPSA) is 68.6 Å². The van der Waals surface area contributed by atoms with Crippen molar-refractivity contribution in [3.05, 3.63) is 59.2 Å². The third-order valence-corrected chi connectivity index (χ3v) is 3.60. The molecule has 26 heavy (non-hydrogen) atoms. The van der Waals surface area contributed by atoms with E-state index in [1.807, 2.05) is 19.9 Å². The summed E-state index contributed by atoms with van der Waals surface area (Å²) in [6.45, 7) is 3.79. The summed E-state index contributed by atoms with van der Waals surface area (Å²) in [5.74, 6) is 1.03. The van der Waals surface area contributed by atoms with Crippen LogP contribution in [0.25, 0.3) is 6.08 Å². The number of carbonyl (C=O) groups is 1. The molecular weight excluding hydrogens is 330 g/mol. The Bertz CT molecular complexity index is 863. The first-order valence-corrected chi connectivity index (χ1v) is 8.15. The minimum Gasteiger partial charge on any atom is -0.496 e. The zero-order chi connectivity index (χ0) is 19.1. The number of methoxy groups -OCH3 is 2. The molecule has 5 nitrogen and oxygen atoms in total. The van der Waals surface area contributed by atoms with Gasteiger partial charge >= 0.3 is 0 Å². The van der Waals surface area contributed by atoms with Crippen LogP contribution in [0.2, 0.25) is 0 Å². The van der Waals surface area contributed by atoms with Gasteiger partial charge in [0.05, 0.1) is 25.9 Å². The van der Waals surface area contributed by atoms with Crippen LogP contribution in [0, 0.1) is 11.3 Å². The zero-order valence-corrected chi connectivity index (χ0v) is 15.3. The fourth-order valence-electron chi connectivity index (χ4n) is 2.45. The largest absolute Gasteiger partial charge is 0.496 e. The quantitative estimate of drug-likeness (QED) is 0.423. The fourth-order valence-corrected chi connectivity index (χ4v) is 2.45. The molecule has 2 aromatic rings. The normalized spacial score (nSPS) is 11.0. The van der Waals surface area contributed by atoms with E-state index in [9.17, 15) is 10.1 Å². The molecule has 0 saturated heterocycles. The lowest BCUT2D eigenvalue weighted by Gasteiger charge is -2.16. The molecule has 134 valence electrons. The minimum absolute atomic E-state index is 0.0173. The third-order valence-electron chi connectivity index (χ3n) is 3.60. The lowest BCUT2D eigenvalue weighted by molar-refractivity contribution is 0.103. The molecule has 0 saturated carbocycles. The van der Waals surface area contributed by atoms with Crippen LogP contribution in [-0.2, 0) is 0 Å². The first-order valence-electron chi connectivity index (χ1n) is 8.15. The summed E-state index contributed by atoms with van der Waals surface area (Å²) in [6.07, 6.45) is 1.42. The predicted molar refractivity (Wildman–Crippen MR) is 99.7 cm³/mol. The molecule has 0 aliphatic heterocycles.